The number of piperidine rings is 1. The van der Waals surface area contributed by atoms with Crippen molar-refractivity contribution >= 4 is 0 Å². The van der Waals surface area contributed by atoms with Gasteiger partial charge in [-0.05, 0) is 31.7 Å². The SMILES string of the molecule is CC(C)CC(O)C1CCCCN1. The molecule has 0 bridgehead atoms. The summed E-state index contributed by atoms with van der Waals surface area (Å²) in [7, 11) is 0. The van der Waals surface area contributed by atoms with Crippen LogP contribution < -0.4 is 5.32 Å². The second-order valence-electron chi connectivity index (χ2n) is 4.25. The van der Waals surface area contributed by atoms with Crippen LogP contribution in [0.1, 0.15) is 39.5 Å². The van der Waals surface area contributed by atoms with Gasteiger partial charge >= 0.3 is 0 Å². The molecule has 12 heavy (non-hydrogen) atoms. The maximum atomic E-state index is 9.78. The van der Waals surface area contributed by atoms with E-state index in [1.807, 2.05) is 0 Å². The molecular weight excluding hydrogens is 150 g/mol. The number of aliphatic hydroxyl groups is 1. The van der Waals surface area contributed by atoms with E-state index in [4.69, 9.17) is 0 Å². The van der Waals surface area contributed by atoms with Crippen molar-refractivity contribution in [2.24, 2.45) is 5.92 Å². The van der Waals surface area contributed by atoms with Gasteiger partial charge in [-0.1, -0.05) is 20.3 Å². The average molecular weight is 171 g/mol. The Morgan fingerprint density at radius 2 is 2.17 bits per heavy atom. The lowest BCUT2D eigenvalue weighted by molar-refractivity contribution is 0.0928. The lowest BCUT2D eigenvalue weighted by Gasteiger charge is -2.28. The fourth-order valence-corrected chi connectivity index (χ4v) is 1.85. The lowest BCUT2D eigenvalue weighted by atomic mass is 9.94. The summed E-state index contributed by atoms with van der Waals surface area (Å²) in [5.41, 5.74) is 0. The molecule has 0 spiro atoms. The Bertz CT molecular complexity index is 119. The first kappa shape index (κ1) is 10.0. The van der Waals surface area contributed by atoms with E-state index in [-0.39, 0.29) is 6.10 Å². The predicted octanol–water partition coefficient (Wildman–Crippen LogP) is 1.54. The maximum absolute atomic E-state index is 9.78. The van der Waals surface area contributed by atoms with Crippen molar-refractivity contribution in [3.8, 4) is 0 Å². The van der Waals surface area contributed by atoms with Gasteiger partial charge in [-0.15, -0.1) is 0 Å². The first-order chi connectivity index (χ1) is 5.70. The zero-order valence-corrected chi connectivity index (χ0v) is 8.21. The van der Waals surface area contributed by atoms with Crippen LogP contribution in [0.2, 0.25) is 0 Å². The molecule has 2 atom stereocenters. The van der Waals surface area contributed by atoms with Crippen LogP contribution in [0.25, 0.3) is 0 Å². The summed E-state index contributed by atoms with van der Waals surface area (Å²) < 4.78 is 0. The fraction of sp³-hybridized carbons (Fsp3) is 1.00. The molecule has 1 fully saturated rings. The molecule has 0 aromatic rings. The monoisotopic (exact) mass is 171 g/mol. The normalized spacial score (nSPS) is 27.5. The van der Waals surface area contributed by atoms with Crippen molar-refractivity contribution in [1.82, 2.24) is 5.32 Å². The summed E-state index contributed by atoms with van der Waals surface area (Å²) in [4.78, 5) is 0. The largest absolute Gasteiger partial charge is 0.391 e. The maximum Gasteiger partial charge on any atom is 0.0695 e. The topological polar surface area (TPSA) is 32.3 Å². The Kier molecular flexibility index (Phi) is 4.02. The van der Waals surface area contributed by atoms with Gasteiger partial charge in [0.1, 0.15) is 0 Å². The molecule has 2 nitrogen and oxygen atoms in total. The van der Waals surface area contributed by atoms with Crippen LogP contribution >= 0.6 is 0 Å². The quantitative estimate of drug-likeness (QED) is 0.675. The molecule has 0 radical (unpaired) electrons. The van der Waals surface area contributed by atoms with Gasteiger partial charge in [0, 0.05) is 6.04 Å². The van der Waals surface area contributed by atoms with E-state index >= 15 is 0 Å². The molecule has 0 aromatic carbocycles. The van der Waals surface area contributed by atoms with E-state index in [0.717, 1.165) is 19.4 Å². The standard InChI is InChI=1S/C10H21NO/c1-8(2)7-10(12)9-5-3-4-6-11-9/h8-12H,3-7H2,1-2H3. The van der Waals surface area contributed by atoms with Crippen molar-refractivity contribution in [2.75, 3.05) is 6.54 Å². The molecule has 1 aliphatic heterocycles. The molecule has 2 unspecified atom stereocenters. The van der Waals surface area contributed by atoms with Crippen LogP contribution in [-0.4, -0.2) is 23.8 Å². The third-order valence-electron chi connectivity index (χ3n) is 2.53. The van der Waals surface area contributed by atoms with E-state index in [1.54, 1.807) is 0 Å². The Balaban J connectivity index is 2.24. The van der Waals surface area contributed by atoms with Gasteiger partial charge in [0.2, 0.25) is 0 Å². The molecule has 2 N–H and O–H groups in total. The summed E-state index contributed by atoms with van der Waals surface area (Å²) >= 11 is 0. The summed E-state index contributed by atoms with van der Waals surface area (Å²) in [6.07, 6.45) is 4.48. The fourth-order valence-electron chi connectivity index (χ4n) is 1.85. The van der Waals surface area contributed by atoms with Gasteiger partial charge in [-0.25, -0.2) is 0 Å². The molecule has 72 valence electrons. The van der Waals surface area contributed by atoms with Crippen LogP contribution in [0.15, 0.2) is 0 Å². The highest BCUT2D eigenvalue weighted by atomic mass is 16.3. The zero-order valence-electron chi connectivity index (χ0n) is 8.21. The van der Waals surface area contributed by atoms with Crippen molar-refractivity contribution in [1.29, 1.82) is 0 Å². The van der Waals surface area contributed by atoms with E-state index in [2.05, 4.69) is 19.2 Å². The second-order valence-corrected chi connectivity index (χ2v) is 4.25. The van der Waals surface area contributed by atoms with E-state index in [9.17, 15) is 5.11 Å². The number of hydrogen-bond donors (Lipinski definition) is 2. The van der Waals surface area contributed by atoms with E-state index in [0.29, 0.717) is 12.0 Å². The van der Waals surface area contributed by atoms with E-state index in [1.165, 1.54) is 12.8 Å². The predicted molar refractivity (Wildman–Crippen MR) is 51.1 cm³/mol. The Labute approximate surface area is 75.4 Å². The van der Waals surface area contributed by atoms with Gasteiger partial charge in [0.25, 0.3) is 0 Å². The van der Waals surface area contributed by atoms with Crippen molar-refractivity contribution in [3.05, 3.63) is 0 Å². The van der Waals surface area contributed by atoms with Crippen molar-refractivity contribution < 1.29 is 5.11 Å². The molecule has 2 heteroatoms. The molecule has 0 aromatic heterocycles. The third-order valence-corrected chi connectivity index (χ3v) is 2.53. The highest BCUT2D eigenvalue weighted by molar-refractivity contribution is 4.79. The van der Waals surface area contributed by atoms with Crippen molar-refractivity contribution in [3.63, 3.8) is 0 Å². The van der Waals surface area contributed by atoms with Crippen molar-refractivity contribution in [2.45, 2.75) is 51.7 Å². The Morgan fingerprint density at radius 3 is 2.67 bits per heavy atom. The molecule has 0 amide bonds. The highest BCUT2D eigenvalue weighted by Gasteiger charge is 2.21. The van der Waals surface area contributed by atoms with Gasteiger partial charge in [0.05, 0.1) is 6.10 Å². The van der Waals surface area contributed by atoms with E-state index < -0.39 is 0 Å². The van der Waals surface area contributed by atoms with Crippen LogP contribution in [0.4, 0.5) is 0 Å². The Hall–Kier alpha value is -0.0800. The molecule has 1 rings (SSSR count). The highest BCUT2D eigenvalue weighted by Crippen LogP contribution is 2.15. The van der Waals surface area contributed by atoms with Gasteiger partial charge in [-0.2, -0.15) is 0 Å². The number of hydrogen-bond acceptors (Lipinski definition) is 2. The van der Waals surface area contributed by atoms with Crippen LogP contribution in [0.5, 0.6) is 0 Å². The zero-order chi connectivity index (χ0) is 8.97. The van der Waals surface area contributed by atoms with Crippen LogP contribution in [0, 0.1) is 5.92 Å². The number of nitrogens with one attached hydrogen (secondary N) is 1. The van der Waals surface area contributed by atoms with Gasteiger partial charge in [0.15, 0.2) is 0 Å². The molecular formula is C10H21NO. The first-order valence-electron chi connectivity index (χ1n) is 5.11. The smallest absolute Gasteiger partial charge is 0.0695 e. The van der Waals surface area contributed by atoms with Gasteiger partial charge in [-0.3, -0.25) is 0 Å². The second kappa shape index (κ2) is 4.83. The number of aliphatic hydroxyl groups excluding tert-OH is 1. The first-order valence-corrected chi connectivity index (χ1v) is 5.11. The summed E-state index contributed by atoms with van der Waals surface area (Å²) in [6.45, 7) is 5.40. The Morgan fingerprint density at radius 1 is 1.42 bits per heavy atom. The summed E-state index contributed by atoms with van der Waals surface area (Å²) in [6, 6.07) is 0.362. The molecule has 1 heterocycles. The molecule has 1 saturated heterocycles. The third kappa shape index (κ3) is 3.11. The summed E-state index contributed by atoms with van der Waals surface area (Å²) in [5.74, 6) is 0.601. The minimum absolute atomic E-state index is 0.134. The summed E-state index contributed by atoms with van der Waals surface area (Å²) in [5, 5.41) is 13.2. The lowest BCUT2D eigenvalue weighted by Crippen LogP contribution is -2.43. The van der Waals surface area contributed by atoms with Crippen LogP contribution in [0.3, 0.4) is 0 Å². The molecule has 1 aliphatic rings. The minimum Gasteiger partial charge on any atom is -0.391 e. The van der Waals surface area contributed by atoms with Gasteiger partial charge < -0.3 is 10.4 Å². The van der Waals surface area contributed by atoms with Crippen LogP contribution in [-0.2, 0) is 0 Å². The molecule has 0 saturated carbocycles. The molecule has 0 aliphatic carbocycles. The number of rotatable bonds is 3. The average Bonchev–Trinajstić information content (AvgIpc) is 2.05. The minimum atomic E-state index is -0.134.